The maximum absolute atomic E-state index is 12.8. The van der Waals surface area contributed by atoms with Gasteiger partial charge in [-0.2, -0.15) is 4.31 Å². The van der Waals surface area contributed by atoms with Gasteiger partial charge in [-0.1, -0.05) is 27.7 Å². The smallest absolute Gasteiger partial charge is 0.244 e. The van der Waals surface area contributed by atoms with Crippen molar-refractivity contribution in [2.45, 2.75) is 52.1 Å². The molecule has 6 heteroatoms. The summed E-state index contributed by atoms with van der Waals surface area (Å²) in [5, 5.41) is 3.34. The van der Waals surface area contributed by atoms with Crippen LogP contribution < -0.4 is 5.32 Å². The molecule has 2 unspecified atom stereocenters. The van der Waals surface area contributed by atoms with Crippen LogP contribution in [0.4, 0.5) is 0 Å². The predicted octanol–water partition coefficient (Wildman–Crippen LogP) is 2.83. The molecule has 0 amide bonds. The first-order valence-corrected chi connectivity index (χ1v) is 9.80. The number of rotatable bonds is 5. The number of hydrogen-bond acceptors (Lipinski definition) is 4. The summed E-state index contributed by atoms with van der Waals surface area (Å²) in [6, 6.07) is 2.24. The lowest BCUT2D eigenvalue weighted by atomic mass is 10.0. The summed E-state index contributed by atoms with van der Waals surface area (Å²) in [6.45, 7) is 12.3. The van der Waals surface area contributed by atoms with Crippen molar-refractivity contribution in [3.05, 3.63) is 15.8 Å². The first-order valence-electron chi connectivity index (χ1n) is 7.54. The van der Waals surface area contributed by atoms with Crippen LogP contribution >= 0.6 is 11.3 Å². The molecule has 0 aliphatic carbocycles. The Balaban J connectivity index is 2.21. The lowest BCUT2D eigenvalue weighted by Crippen LogP contribution is -2.29. The number of nitrogens with zero attached hydrogens (tertiary/aromatic N) is 1. The maximum atomic E-state index is 12.8. The zero-order valence-corrected chi connectivity index (χ0v) is 15.1. The van der Waals surface area contributed by atoms with Crippen LogP contribution in [0.25, 0.3) is 0 Å². The third-order valence-electron chi connectivity index (χ3n) is 4.18. The Labute approximate surface area is 132 Å². The van der Waals surface area contributed by atoms with Crippen LogP contribution in [0.1, 0.15) is 37.4 Å². The molecular formula is C15H26N2O2S2. The molecule has 2 atom stereocenters. The normalized spacial score (nSPS) is 24.1. The number of thiophene rings is 1. The second-order valence-electron chi connectivity index (χ2n) is 6.45. The summed E-state index contributed by atoms with van der Waals surface area (Å²) < 4.78 is 27.3. The monoisotopic (exact) mass is 330 g/mol. The minimum atomic E-state index is -3.34. The fourth-order valence-corrected chi connectivity index (χ4v) is 5.78. The molecule has 1 N–H and O–H groups in total. The predicted molar refractivity (Wildman–Crippen MR) is 88.1 cm³/mol. The zero-order valence-electron chi connectivity index (χ0n) is 13.5. The van der Waals surface area contributed by atoms with Gasteiger partial charge in [0.1, 0.15) is 0 Å². The molecule has 1 aromatic heterocycles. The molecule has 0 aromatic carbocycles. The van der Waals surface area contributed by atoms with Gasteiger partial charge in [-0.3, -0.25) is 0 Å². The summed E-state index contributed by atoms with van der Waals surface area (Å²) in [4.78, 5) is 2.47. The lowest BCUT2D eigenvalue weighted by molar-refractivity contribution is 0.463. The molecule has 21 heavy (non-hydrogen) atoms. The first kappa shape index (κ1) is 16.9. The molecule has 1 aliphatic rings. The fourth-order valence-electron chi connectivity index (χ4n) is 2.58. The van der Waals surface area contributed by atoms with E-state index in [9.17, 15) is 8.42 Å². The molecule has 1 aliphatic heterocycles. The Morgan fingerprint density at radius 2 is 1.90 bits per heavy atom. The third-order valence-corrected chi connectivity index (χ3v) is 7.32. The van der Waals surface area contributed by atoms with Crippen molar-refractivity contribution in [3.8, 4) is 0 Å². The Morgan fingerprint density at radius 1 is 1.33 bits per heavy atom. The molecule has 120 valence electrons. The zero-order chi connectivity index (χ0) is 15.8. The van der Waals surface area contributed by atoms with Crippen LogP contribution in [0, 0.1) is 18.8 Å². The van der Waals surface area contributed by atoms with E-state index in [4.69, 9.17) is 0 Å². The van der Waals surface area contributed by atoms with Gasteiger partial charge in [-0.25, -0.2) is 8.42 Å². The summed E-state index contributed by atoms with van der Waals surface area (Å²) in [6.07, 6.45) is 0. The van der Waals surface area contributed by atoms with Crippen LogP contribution in [0.15, 0.2) is 11.0 Å². The molecule has 1 saturated heterocycles. The van der Waals surface area contributed by atoms with E-state index in [0.717, 1.165) is 16.3 Å². The van der Waals surface area contributed by atoms with Crippen molar-refractivity contribution in [3.63, 3.8) is 0 Å². The van der Waals surface area contributed by atoms with Gasteiger partial charge >= 0.3 is 0 Å². The van der Waals surface area contributed by atoms with Gasteiger partial charge in [-0.15, -0.1) is 11.3 Å². The van der Waals surface area contributed by atoms with Gasteiger partial charge in [0.25, 0.3) is 0 Å². The van der Waals surface area contributed by atoms with Crippen LogP contribution in [0.5, 0.6) is 0 Å². The van der Waals surface area contributed by atoms with Crippen LogP contribution in [0.3, 0.4) is 0 Å². The molecule has 1 fully saturated rings. The van der Waals surface area contributed by atoms with Gasteiger partial charge in [0.05, 0.1) is 4.90 Å². The quantitative estimate of drug-likeness (QED) is 0.903. The highest BCUT2D eigenvalue weighted by atomic mass is 32.2. The highest BCUT2D eigenvalue weighted by Gasteiger charge is 2.36. The van der Waals surface area contributed by atoms with Crippen molar-refractivity contribution in [2.24, 2.45) is 11.8 Å². The van der Waals surface area contributed by atoms with Crippen LogP contribution in [-0.2, 0) is 16.6 Å². The van der Waals surface area contributed by atoms with E-state index < -0.39 is 10.0 Å². The van der Waals surface area contributed by atoms with E-state index in [2.05, 4.69) is 33.0 Å². The second kappa shape index (κ2) is 6.36. The average molecular weight is 331 g/mol. The molecular weight excluding hydrogens is 304 g/mol. The molecule has 0 bridgehead atoms. The molecule has 1 aromatic rings. The number of aryl methyl sites for hydroxylation is 1. The van der Waals surface area contributed by atoms with Crippen molar-refractivity contribution in [1.82, 2.24) is 9.62 Å². The number of sulfonamides is 1. The Hall–Kier alpha value is -0.430. The van der Waals surface area contributed by atoms with Gasteiger partial charge in [0, 0.05) is 35.4 Å². The third kappa shape index (κ3) is 3.67. The number of hydrogen-bond donors (Lipinski definition) is 1. The lowest BCUT2D eigenvalue weighted by Gasteiger charge is -2.15. The van der Waals surface area contributed by atoms with Gasteiger partial charge in [0.2, 0.25) is 10.0 Å². The van der Waals surface area contributed by atoms with E-state index in [0.29, 0.717) is 35.9 Å². The van der Waals surface area contributed by atoms with Crippen molar-refractivity contribution in [2.75, 3.05) is 13.1 Å². The van der Waals surface area contributed by atoms with Crippen molar-refractivity contribution < 1.29 is 8.42 Å². The molecule has 0 radical (unpaired) electrons. The fraction of sp³-hybridized carbons (Fsp3) is 0.733. The number of nitrogens with one attached hydrogen (secondary N) is 1. The first-order chi connectivity index (χ1) is 9.71. The summed E-state index contributed by atoms with van der Waals surface area (Å²) in [5.41, 5.74) is 0. The summed E-state index contributed by atoms with van der Waals surface area (Å²) in [7, 11) is -3.34. The highest BCUT2D eigenvalue weighted by Crippen LogP contribution is 2.32. The SMILES string of the molecule is Cc1sc(CNC(C)C)cc1S(=O)(=O)N1CC(C)C(C)C1. The van der Waals surface area contributed by atoms with Gasteiger partial charge in [-0.05, 0) is 24.8 Å². The van der Waals surface area contributed by atoms with E-state index in [1.54, 1.807) is 15.6 Å². The molecule has 0 spiro atoms. The maximum Gasteiger partial charge on any atom is 0.244 e. The van der Waals surface area contributed by atoms with Crippen LogP contribution in [-0.4, -0.2) is 31.9 Å². The van der Waals surface area contributed by atoms with E-state index in [-0.39, 0.29) is 0 Å². The van der Waals surface area contributed by atoms with Gasteiger partial charge in [0.15, 0.2) is 0 Å². The van der Waals surface area contributed by atoms with Gasteiger partial charge < -0.3 is 5.32 Å². The van der Waals surface area contributed by atoms with E-state index in [1.807, 2.05) is 13.0 Å². The summed E-state index contributed by atoms with van der Waals surface area (Å²) >= 11 is 1.58. The molecule has 2 heterocycles. The summed E-state index contributed by atoms with van der Waals surface area (Å²) in [5.74, 6) is 0.863. The van der Waals surface area contributed by atoms with E-state index >= 15 is 0 Å². The molecule has 4 nitrogen and oxygen atoms in total. The van der Waals surface area contributed by atoms with E-state index in [1.165, 1.54) is 0 Å². The average Bonchev–Trinajstić information content (AvgIpc) is 2.92. The largest absolute Gasteiger partial charge is 0.310 e. The molecule has 0 saturated carbocycles. The Bertz CT molecular complexity index is 583. The van der Waals surface area contributed by atoms with Crippen LogP contribution in [0.2, 0.25) is 0 Å². The topological polar surface area (TPSA) is 49.4 Å². The minimum absolute atomic E-state index is 0.396. The van der Waals surface area contributed by atoms with Crippen molar-refractivity contribution in [1.29, 1.82) is 0 Å². The standard InChI is InChI=1S/C15H26N2O2S2/c1-10(2)16-7-14-6-15(13(5)20-14)21(18,19)17-8-11(3)12(4)9-17/h6,10-12,16H,7-9H2,1-5H3. The Morgan fingerprint density at radius 3 is 2.43 bits per heavy atom. The molecule has 2 rings (SSSR count). The highest BCUT2D eigenvalue weighted by molar-refractivity contribution is 7.89. The minimum Gasteiger partial charge on any atom is -0.310 e. The Kier molecular flexibility index (Phi) is 5.13. The van der Waals surface area contributed by atoms with Crippen molar-refractivity contribution >= 4 is 21.4 Å². The second-order valence-corrected chi connectivity index (χ2v) is 9.69.